The SMILES string of the molecule is O=C1CC/C=C\CCc2ccccc2OC(=O)CCC/C=C\Cc2ccccc2O1. The Labute approximate surface area is 178 Å². The van der Waals surface area contributed by atoms with Gasteiger partial charge in [-0.15, -0.1) is 0 Å². The highest BCUT2D eigenvalue weighted by Gasteiger charge is 2.09. The second kappa shape index (κ2) is 11.8. The van der Waals surface area contributed by atoms with Crippen molar-refractivity contribution in [2.24, 2.45) is 0 Å². The summed E-state index contributed by atoms with van der Waals surface area (Å²) in [6.07, 6.45) is 13.3. The summed E-state index contributed by atoms with van der Waals surface area (Å²) in [5, 5.41) is 0. The molecule has 0 aromatic heterocycles. The van der Waals surface area contributed by atoms with Crippen molar-refractivity contribution < 1.29 is 19.1 Å². The highest BCUT2D eigenvalue weighted by Crippen LogP contribution is 2.22. The average Bonchev–Trinajstić information content (AvgIpc) is 2.74. The fourth-order valence-electron chi connectivity index (χ4n) is 3.30. The standard InChI is InChI=1S/C26H28O4/c27-25-19-7-3-1-5-13-21-15-9-11-17-23(21)29-26(28)20-8-4-2-6-14-22-16-10-12-18-24(22)30-25/h1-3,6,9-12,15-18H,4-5,7-8,13-14,19-20H2/b3-1-,6-2-. The van der Waals surface area contributed by atoms with Crippen molar-refractivity contribution in [1.82, 2.24) is 0 Å². The van der Waals surface area contributed by atoms with Crippen LogP contribution in [0, 0.1) is 0 Å². The Morgan fingerprint density at radius 2 is 1.13 bits per heavy atom. The molecule has 0 amide bonds. The minimum Gasteiger partial charge on any atom is -0.426 e. The van der Waals surface area contributed by atoms with Crippen LogP contribution >= 0.6 is 0 Å². The van der Waals surface area contributed by atoms with E-state index >= 15 is 0 Å². The van der Waals surface area contributed by atoms with Gasteiger partial charge in [0.15, 0.2) is 0 Å². The van der Waals surface area contributed by atoms with E-state index in [9.17, 15) is 9.59 Å². The average molecular weight is 405 g/mol. The fraction of sp³-hybridized carbons (Fsp3) is 0.308. The third-order valence-corrected chi connectivity index (χ3v) is 4.91. The van der Waals surface area contributed by atoms with Gasteiger partial charge >= 0.3 is 11.9 Å². The van der Waals surface area contributed by atoms with E-state index in [-0.39, 0.29) is 11.9 Å². The van der Waals surface area contributed by atoms with Gasteiger partial charge < -0.3 is 9.47 Å². The Kier molecular flexibility index (Phi) is 8.46. The number of hydrogen-bond donors (Lipinski definition) is 0. The van der Waals surface area contributed by atoms with Crippen molar-refractivity contribution in [1.29, 1.82) is 0 Å². The molecule has 0 atom stereocenters. The van der Waals surface area contributed by atoms with Crippen molar-refractivity contribution in [2.75, 3.05) is 0 Å². The molecule has 156 valence electrons. The van der Waals surface area contributed by atoms with Crippen LogP contribution in [-0.2, 0) is 22.4 Å². The van der Waals surface area contributed by atoms with E-state index in [4.69, 9.17) is 9.47 Å². The smallest absolute Gasteiger partial charge is 0.311 e. The van der Waals surface area contributed by atoms with Gasteiger partial charge in [-0.2, -0.15) is 0 Å². The Balaban J connectivity index is 1.68. The fourth-order valence-corrected chi connectivity index (χ4v) is 3.30. The first kappa shape index (κ1) is 21.6. The lowest BCUT2D eigenvalue weighted by Crippen LogP contribution is -2.09. The Bertz CT molecular complexity index is 911. The molecule has 0 bridgehead atoms. The van der Waals surface area contributed by atoms with Gasteiger partial charge in [-0.05, 0) is 61.8 Å². The lowest BCUT2D eigenvalue weighted by molar-refractivity contribution is -0.135. The summed E-state index contributed by atoms with van der Waals surface area (Å²) >= 11 is 0. The number of hydrogen-bond acceptors (Lipinski definition) is 4. The molecule has 0 radical (unpaired) electrons. The highest BCUT2D eigenvalue weighted by molar-refractivity contribution is 5.73. The van der Waals surface area contributed by atoms with E-state index in [0.717, 1.165) is 36.8 Å². The van der Waals surface area contributed by atoms with E-state index in [1.807, 2.05) is 60.7 Å². The van der Waals surface area contributed by atoms with E-state index in [1.54, 1.807) is 0 Å². The van der Waals surface area contributed by atoms with Crippen LogP contribution in [0.15, 0.2) is 72.8 Å². The molecular formula is C26H28O4. The number of allylic oxidation sites excluding steroid dienone is 4. The topological polar surface area (TPSA) is 52.6 Å². The predicted molar refractivity (Wildman–Crippen MR) is 118 cm³/mol. The first-order valence-electron chi connectivity index (χ1n) is 10.6. The minimum atomic E-state index is -0.220. The molecule has 3 rings (SSSR count). The molecule has 4 heteroatoms. The van der Waals surface area contributed by atoms with Crippen LogP contribution < -0.4 is 9.47 Å². The molecule has 30 heavy (non-hydrogen) atoms. The number of para-hydroxylation sites is 2. The van der Waals surface area contributed by atoms with Crippen molar-refractivity contribution in [3.63, 3.8) is 0 Å². The van der Waals surface area contributed by atoms with Crippen molar-refractivity contribution >= 4 is 11.9 Å². The normalized spacial score (nSPS) is 18.8. The minimum absolute atomic E-state index is 0.196. The van der Waals surface area contributed by atoms with Crippen LogP contribution in [0.2, 0.25) is 0 Å². The Morgan fingerprint density at radius 1 is 0.567 bits per heavy atom. The number of carbonyl (C=O) groups excluding carboxylic acids is 2. The van der Waals surface area contributed by atoms with E-state index in [1.165, 1.54) is 0 Å². The molecule has 0 spiro atoms. The van der Waals surface area contributed by atoms with Gasteiger partial charge in [-0.25, -0.2) is 0 Å². The number of esters is 2. The number of carbonyl (C=O) groups is 2. The van der Waals surface area contributed by atoms with E-state index in [0.29, 0.717) is 37.2 Å². The molecule has 0 unspecified atom stereocenters. The van der Waals surface area contributed by atoms with Crippen LogP contribution in [0.3, 0.4) is 0 Å². The third kappa shape index (κ3) is 7.03. The quantitative estimate of drug-likeness (QED) is 0.319. The summed E-state index contributed by atoms with van der Waals surface area (Å²) in [6.45, 7) is 0. The van der Waals surface area contributed by atoms with Gasteiger partial charge in [0.2, 0.25) is 0 Å². The summed E-state index contributed by atoms with van der Waals surface area (Å²) in [5.74, 6) is 0.840. The van der Waals surface area contributed by atoms with E-state index in [2.05, 4.69) is 12.2 Å². The van der Waals surface area contributed by atoms with Crippen LogP contribution in [0.25, 0.3) is 0 Å². The maximum atomic E-state index is 12.2. The number of fused-ring (bicyclic) bond motifs is 2. The zero-order valence-electron chi connectivity index (χ0n) is 17.2. The van der Waals surface area contributed by atoms with E-state index < -0.39 is 0 Å². The molecule has 0 N–H and O–H groups in total. The summed E-state index contributed by atoms with van der Waals surface area (Å²) < 4.78 is 11.2. The van der Waals surface area contributed by atoms with Crippen LogP contribution in [0.1, 0.15) is 49.7 Å². The van der Waals surface area contributed by atoms with Crippen LogP contribution in [-0.4, -0.2) is 11.9 Å². The second-order valence-electron chi connectivity index (χ2n) is 7.28. The number of ether oxygens (including phenoxy) is 2. The van der Waals surface area contributed by atoms with Gasteiger partial charge in [0.05, 0.1) is 0 Å². The third-order valence-electron chi connectivity index (χ3n) is 4.91. The van der Waals surface area contributed by atoms with Gasteiger partial charge in [-0.1, -0.05) is 60.7 Å². The molecule has 1 aliphatic rings. The summed E-state index contributed by atoms with van der Waals surface area (Å²) in [6, 6.07) is 15.3. The lowest BCUT2D eigenvalue weighted by Gasteiger charge is -2.09. The molecule has 0 aliphatic carbocycles. The predicted octanol–water partition coefficient (Wildman–Crippen LogP) is 5.75. The summed E-state index contributed by atoms with van der Waals surface area (Å²) in [4.78, 5) is 24.4. The molecule has 1 heterocycles. The highest BCUT2D eigenvalue weighted by atomic mass is 16.5. The Hall–Kier alpha value is -3.14. The first-order valence-corrected chi connectivity index (χ1v) is 10.6. The maximum Gasteiger partial charge on any atom is 0.311 e. The molecule has 0 fully saturated rings. The second-order valence-corrected chi connectivity index (χ2v) is 7.28. The molecular weight excluding hydrogens is 376 g/mol. The largest absolute Gasteiger partial charge is 0.426 e. The van der Waals surface area contributed by atoms with Crippen molar-refractivity contribution in [3.05, 3.63) is 84.0 Å². The zero-order chi connectivity index (χ0) is 21.0. The molecule has 0 saturated heterocycles. The number of benzene rings is 2. The van der Waals surface area contributed by atoms with Crippen molar-refractivity contribution in [2.45, 2.75) is 51.4 Å². The maximum absolute atomic E-state index is 12.2. The molecule has 2 aromatic carbocycles. The van der Waals surface area contributed by atoms with Gasteiger partial charge in [0.1, 0.15) is 11.5 Å². The molecule has 0 saturated carbocycles. The monoisotopic (exact) mass is 404 g/mol. The Morgan fingerprint density at radius 3 is 1.90 bits per heavy atom. The van der Waals surface area contributed by atoms with Crippen LogP contribution in [0.5, 0.6) is 11.5 Å². The molecule has 1 aliphatic heterocycles. The summed E-state index contributed by atoms with van der Waals surface area (Å²) in [7, 11) is 0. The van der Waals surface area contributed by atoms with Gasteiger partial charge in [0.25, 0.3) is 0 Å². The van der Waals surface area contributed by atoms with Crippen molar-refractivity contribution in [3.8, 4) is 11.5 Å². The van der Waals surface area contributed by atoms with Gasteiger partial charge in [-0.3, -0.25) is 9.59 Å². The lowest BCUT2D eigenvalue weighted by atomic mass is 10.1. The first-order chi connectivity index (χ1) is 14.7. The van der Waals surface area contributed by atoms with Crippen LogP contribution in [0.4, 0.5) is 0 Å². The zero-order valence-corrected chi connectivity index (χ0v) is 17.2. The van der Waals surface area contributed by atoms with Gasteiger partial charge in [0, 0.05) is 12.8 Å². The summed E-state index contributed by atoms with van der Waals surface area (Å²) in [5.41, 5.74) is 1.99. The number of rotatable bonds is 0. The molecule has 2 aromatic rings. The number of aryl methyl sites for hydroxylation is 1. The molecule has 4 nitrogen and oxygen atoms in total.